The number of carbonyl (C=O) groups is 1. The largest absolute Gasteiger partial charge is 0.494 e. The quantitative estimate of drug-likeness (QED) is 0.433. The SMILES string of the molecule is C=CCOc1ccccc1/C=N\NC(=O)Cc1ccc(OCC)cc1. The molecule has 0 fully saturated rings. The van der Waals surface area contributed by atoms with Crippen LogP contribution in [0.2, 0.25) is 0 Å². The third kappa shape index (κ3) is 6.14. The molecule has 5 heteroatoms. The van der Waals surface area contributed by atoms with Crippen LogP contribution >= 0.6 is 0 Å². The summed E-state index contributed by atoms with van der Waals surface area (Å²) in [6.07, 6.45) is 3.49. The Labute approximate surface area is 148 Å². The van der Waals surface area contributed by atoms with Crippen LogP contribution in [0.5, 0.6) is 11.5 Å². The molecule has 130 valence electrons. The van der Waals surface area contributed by atoms with Crippen LogP contribution in [0.25, 0.3) is 0 Å². The first kappa shape index (κ1) is 18.3. The van der Waals surface area contributed by atoms with E-state index in [1.807, 2.05) is 55.5 Å². The van der Waals surface area contributed by atoms with Crippen LogP contribution in [0.1, 0.15) is 18.1 Å². The van der Waals surface area contributed by atoms with Crippen LogP contribution in [-0.2, 0) is 11.2 Å². The van der Waals surface area contributed by atoms with Gasteiger partial charge < -0.3 is 9.47 Å². The summed E-state index contributed by atoms with van der Waals surface area (Å²) in [6, 6.07) is 14.9. The monoisotopic (exact) mass is 338 g/mol. The van der Waals surface area contributed by atoms with Crippen LogP contribution in [0.3, 0.4) is 0 Å². The van der Waals surface area contributed by atoms with Crippen molar-refractivity contribution in [1.82, 2.24) is 5.43 Å². The van der Waals surface area contributed by atoms with Crippen molar-refractivity contribution in [2.45, 2.75) is 13.3 Å². The Morgan fingerprint density at radius 2 is 1.92 bits per heavy atom. The third-order valence-corrected chi connectivity index (χ3v) is 3.27. The van der Waals surface area contributed by atoms with Crippen molar-refractivity contribution in [3.8, 4) is 11.5 Å². The standard InChI is InChI=1S/C20H22N2O3/c1-3-13-25-19-8-6-5-7-17(19)15-21-22-20(23)14-16-9-11-18(12-10-16)24-4-2/h3,5-12,15H,1,4,13-14H2,2H3,(H,22,23)/b21-15-. The van der Waals surface area contributed by atoms with E-state index in [1.165, 1.54) is 0 Å². The maximum Gasteiger partial charge on any atom is 0.244 e. The second-order valence-corrected chi connectivity index (χ2v) is 5.18. The molecule has 0 atom stereocenters. The number of nitrogens with one attached hydrogen (secondary N) is 1. The lowest BCUT2D eigenvalue weighted by Gasteiger charge is -2.06. The number of nitrogens with zero attached hydrogens (tertiary/aromatic N) is 1. The number of hydrogen-bond acceptors (Lipinski definition) is 4. The van der Waals surface area contributed by atoms with Crippen LogP contribution in [0.4, 0.5) is 0 Å². The van der Waals surface area contributed by atoms with Crippen LogP contribution in [-0.4, -0.2) is 25.3 Å². The van der Waals surface area contributed by atoms with Gasteiger partial charge in [-0.25, -0.2) is 5.43 Å². The number of hydrazone groups is 1. The zero-order chi connectivity index (χ0) is 17.9. The molecular formula is C20H22N2O3. The maximum absolute atomic E-state index is 12.0. The summed E-state index contributed by atoms with van der Waals surface area (Å²) in [5.41, 5.74) is 4.20. The molecule has 0 bridgehead atoms. The van der Waals surface area contributed by atoms with Gasteiger partial charge in [-0.1, -0.05) is 36.9 Å². The molecule has 5 nitrogen and oxygen atoms in total. The first-order valence-corrected chi connectivity index (χ1v) is 8.09. The van der Waals surface area contributed by atoms with E-state index < -0.39 is 0 Å². The molecular weight excluding hydrogens is 316 g/mol. The van der Waals surface area contributed by atoms with Gasteiger partial charge in [0.2, 0.25) is 5.91 Å². The minimum absolute atomic E-state index is 0.190. The molecule has 0 unspecified atom stereocenters. The van der Waals surface area contributed by atoms with Crippen LogP contribution in [0.15, 0.2) is 66.3 Å². The van der Waals surface area contributed by atoms with E-state index in [1.54, 1.807) is 12.3 Å². The maximum atomic E-state index is 12.0. The molecule has 0 saturated heterocycles. The van der Waals surface area contributed by atoms with Gasteiger partial charge in [0.1, 0.15) is 18.1 Å². The highest BCUT2D eigenvalue weighted by atomic mass is 16.5. The highest BCUT2D eigenvalue weighted by Crippen LogP contribution is 2.15. The topological polar surface area (TPSA) is 59.9 Å². The third-order valence-electron chi connectivity index (χ3n) is 3.27. The molecule has 0 spiro atoms. The van der Waals surface area contributed by atoms with Crippen molar-refractivity contribution in [2.24, 2.45) is 5.10 Å². The first-order valence-electron chi connectivity index (χ1n) is 8.09. The van der Waals surface area contributed by atoms with Crippen LogP contribution < -0.4 is 14.9 Å². The fourth-order valence-corrected chi connectivity index (χ4v) is 2.14. The van der Waals surface area contributed by atoms with E-state index in [-0.39, 0.29) is 12.3 Å². The summed E-state index contributed by atoms with van der Waals surface area (Å²) >= 11 is 0. The summed E-state index contributed by atoms with van der Waals surface area (Å²) in [4.78, 5) is 12.0. The average Bonchev–Trinajstić information content (AvgIpc) is 2.63. The van der Waals surface area contributed by atoms with E-state index >= 15 is 0 Å². The fourth-order valence-electron chi connectivity index (χ4n) is 2.14. The summed E-state index contributed by atoms with van der Waals surface area (Å²) in [6.45, 7) is 6.58. The lowest BCUT2D eigenvalue weighted by molar-refractivity contribution is -0.120. The van der Waals surface area contributed by atoms with Gasteiger partial charge in [0, 0.05) is 5.56 Å². The van der Waals surface area contributed by atoms with Crippen molar-refractivity contribution in [2.75, 3.05) is 13.2 Å². The van der Waals surface area contributed by atoms with Gasteiger partial charge in [-0.05, 0) is 36.8 Å². The van der Waals surface area contributed by atoms with E-state index in [2.05, 4.69) is 17.1 Å². The molecule has 0 saturated carbocycles. The smallest absolute Gasteiger partial charge is 0.244 e. The molecule has 2 rings (SSSR count). The van der Waals surface area contributed by atoms with Gasteiger partial charge in [0.15, 0.2) is 0 Å². The van der Waals surface area contributed by atoms with Gasteiger partial charge in [-0.15, -0.1) is 0 Å². The molecule has 0 aliphatic rings. The minimum atomic E-state index is -0.190. The number of amides is 1. The number of carbonyl (C=O) groups excluding carboxylic acids is 1. The van der Waals surface area contributed by atoms with Gasteiger partial charge in [-0.2, -0.15) is 5.10 Å². The van der Waals surface area contributed by atoms with Crippen LogP contribution in [0, 0.1) is 0 Å². The lowest BCUT2D eigenvalue weighted by atomic mass is 10.1. The van der Waals surface area contributed by atoms with Crippen molar-refractivity contribution in [3.05, 3.63) is 72.3 Å². The van der Waals surface area contributed by atoms with Gasteiger partial charge in [0.05, 0.1) is 19.2 Å². The number of benzene rings is 2. The van der Waals surface area contributed by atoms with Crippen molar-refractivity contribution in [3.63, 3.8) is 0 Å². The molecule has 0 aliphatic heterocycles. The summed E-state index contributed by atoms with van der Waals surface area (Å²) in [5, 5.41) is 4.00. The summed E-state index contributed by atoms with van der Waals surface area (Å²) in [5.74, 6) is 1.29. The Bertz CT molecular complexity index is 724. The number of hydrogen-bond donors (Lipinski definition) is 1. The lowest BCUT2D eigenvalue weighted by Crippen LogP contribution is -2.19. The fraction of sp³-hybridized carbons (Fsp3) is 0.200. The second kappa shape index (κ2) is 9.93. The molecule has 1 N–H and O–H groups in total. The highest BCUT2D eigenvalue weighted by Gasteiger charge is 2.03. The zero-order valence-corrected chi connectivity index (χ0v) is 14.3. The Morgan fingerprint density at radius 3 is 2.64 bits per heavy atom. The predicted octanol–water partition coefficient (Wildman–Crippen LogP) is 3.34. The van der Waals surface area contributed by atoms with E-state index in [9.17, 15) is 4.79 Å². The Kier molecular flexibility index (Phi) is 7.25. The number of ether oxygens (including phenoxy) is 2. The summed E-state index contributed by atoms with van der Waals surface area (Å²) < 4.78 is 10.9. The number of para-hydroxylation sites is 1. The molecule has 0 radical (unpaired) electrons. The second-order valence-electron chi connectivity index (χ2n) is 5.18. The Balaban J connectivity index is 1.89. The van der Waals surface area contributed by atoms with Gasteiger partial charge in [-0.3, -0.25) is 4.79 Å². The molecule has 1 amide bonds. The molecule has 0 aliphatic carbocycles. The van der Waals surface area contributed by atoms with Gasteiger partial charge in [0.25, 0.3) is 0 Å². The first-order chi connectivity index (χ1) is 12.2. The highest BCUT2D eigenvalue weighted by molar-refractivity contribution is 5.85. The van der Waals surface area contributed by atoms with E-state index in [4.69, 9.17) is 9.47 Å². The molecule has 0 heterocycles. The van der Waals surface area contributed by atoms with Crippen molar-refractivity contribution < 1.29 is 14.3 Å². The summed E-state index contributed by atoms with van der Waals surface area (Å²) in [7, 11) is 0. The molecule has 2 aromatic rings. The van der Waals surface area contributed by atoms with Crippen molar-refractivity contribution in [1.29, 1.82) is 0 Å². The molecule has 2 aromatic carbocycles. The van der Waals surface area contributed by atoms with Crippen molar-refractivity contribution >= 4 is 12.1 Å². The number of rotatable bonds is 9. The Hall–Kier alpha value is -3.08. The molecule has 0 aromatic heterocycles. The zero-order valence-electron chi connectivity index (χ0n) is 14.3. The van der Waals surface area contributed by atoms with Gasteiger partial charge >= 0.3 is 0 Å². The van der Waals surface area contributed by atoms with E-state index in [0.717, 1.165) is 16.9 Å². The Morgan fingerprint density at radius 1 is 1.16 bits per heavy atom. The van der Waals surface area contributed by atoms with E-state index in [0.29, 0.717) is 19.0 Å². The molecule has 25 heavy (non-hydrogen) atoms. The normalized spacial score (nSPS) is 10.4. The predicted molar refractivity (Wildman–Crippen MR) is 99.2 cm³/mol. The minimum Gasteiger partial charge on any atom is -0.494 e. The average molecular weight is 338 g/mol.